The summed E-state index contributed by atoms with van der Waals surface area (Å²) in [5, 5.41) is 58.3. The van der Waals surface area contributed by atoms with Crippen molar-refractivity contribution < 1.29 is 34.2 Å². The summed E-state index contributed by atoms with van der Waals surface area (Å²) in [5.74, 6) is 0.275. The van der Waals surface area contributed by atoms with Gasteiger partial charge in [-0.15, -0.1) is 5.10 Å². The summed E-state index contributed by atoms with van der Waals surface area (Å²) < 4.78 is 3.63. The molecule has 0 saturated heterocycles. The zero-order valence-electron chi connectivity index (χ0n) is 82.4. The number of imidazole rings is 2. The zero-order valence-corrected chi connectivity index (χ0v) is 83.9. The topological polar surface area (TPSA) is 297 Å². The minimum atomic E-state index is -1.78. The number of aromatic nitrogens is 11. The van der Waals surface area contributed by atoms with Gasteiger partial charge in [-0.3, -0.25) is 28.9 Å². The van der Waals surface area contributed by atoms with Gasteiger partial charge in [-0.2, -0.15) is 5.10 Å². The number of para-hydroxylation sites is 6. The minimum absolute atomic E-state index is 0.00826. The van der Waals surface area contributed by atoms with Crippen molar-refractivity contribution in [1.29, 1.82) is 0 Å². The number of allylic oxidation sites excluding steroid dienone is 8. The van der Waals surface area contributed by atoms with Crippen LogP contribution in [0, 0.1) is 55.3 Å². The van der Waals surface area contributed by atoms with Crippen molar-refractivity contribution in [2.45, 2.75) is 86.0 Å². The molecule has 14 aromatic carbocycles. The molecule has 2 amide bonds. The lowest BCUT2D eigenvalue weighted by Crippen LogP contribution is -2.67. The first-order chi connectivity index (χ1) is 72.3. The molecule has 6 aromatic heterocycles. The second kappa shape index (κ2) is 37.3. The number of aromatic amines is 2. The molecule has 2 saturated carbocycles. The Bertz CT molecular complexity index is 8980. The maximum Gasteiger partial charge on any atom is 0.260 e. The number of amides is 2. The van der Waals surface area contributed by atoms with Crippen LogP contribution in [-0.2, 0) is 17.6 Å². The van der Waals surface area contributed by atoms with Gasteiger partial charge in [-0.25, -0.2) is 29.3 Å². The van der Waals surface area contributed by atoms with Crippen molar-refractivity contribution in [2.24, 2.45) is 34.5 Å². The van der Waals surface area contributed by atoms with Gasteiger partial charge in [0.1, 0.15) is 33.3 Å². The van der Waals surface area contributed by atoms with E-state index in [4.69, 9.17) is 38.3 Å². The van der Waals surface area contributed by atoms with Crippen LogP contribution < -0.4 is 20.9 Å². The highest BCUT2D eigenvalue weighted by Gasteiger charge is 2.71. The Kier molecular flexibility index (Phi) is 23.6. The van der Waals surface area contributed by atoms with Crippen molar-refractivity contribution in [2.75, 3.05) is 20.9 Å². The SMILES string of the molecule is CC1=CC2C(C(O)CC3(C)C2CC(C)C3(O)N(C(=O)c2ccc(C(=O)Nc3cccc(-c4nc5ccccc5[nH]4)c3)cc2C)c2cccc(-c3nc4ccccc4[nH]3)c2)C2(C)Cc3cnn(-c4ccccc4)c3C=C12.Cc1cc(Cl)nc2ccc(Cc3ccc4nc(Cl)cc(C)c4c3)cc12.O=C1C=CC=CC1=C1Nc2c(c3ccccc3c3ccccc23)N1.O=C1c2ccccc2C(=O)c2c1cccc2-n1nnc2ccccc21. The summed E-state index contributed by atoms with van der Waals surface area (Å²) in [6.45, 7) is 14.6. The highest BCUT2D eigenvalue weighted by Crippen LogP contribution is 2.70. The van der Waals surface area contributed by atoms with Crippen LogP contribution in [0.25, 0.3) is 117 Å². The molecule has 149 heavy (non-hydrogen) atoms. The first-order valence-electron chi connectivity index (χ1n) is 49.9. The van der Waals surface area contributed by atoms with E-state index in [9.17, 15) is 29.4 Å². The van der Waals surface area contributed by atoms with Crippen molar-refractivity contribution in [3.63, 3.8) is 0 Å². The van der Waals surface area contributed by atoms with Crippen molar-refractivity contribution >= 4 is 158 Å². The smallest absolute Gasteiger partial charge is 0.260 e. The van der Waals surface area contributed by atoms with Gasteiger partial charge in [0.25, 0.3) is 11.8 Å². The summed E-state index contributed by atoms with van der Waals surface area (Å²) in [7, 11) is 0. The van der Waals surface area contributed by atoms with Gasteiger partial charge in [-0.1, -0.05) is 249 Å². The predicted molar refractivity (Wildman–Crippen MR) is 591 cm³/mol. The van der Waals surface area contributed by atoms with Crippen molar-refractivity contribution in [3.8, 4) is 34.2 Å². The second-order valence-corrected chi connectivity index (χ2v) is 41.1. The molecule has 7 heterocycles. The monoisotopic (exact) mass is 1990 g/mol. The minimum Gasteiger partial charge on any atom is -0.393 e. The number of rotatable bonds is 11. The fraction of sp³-hybridized carbons (Fsp3) is 0.152. The van der Waals surface area contributed by atoms with Gasteiger partial charge in [0.2, 0.25) is 0 Å². The largest absolute Gasteiger partial charge is 0.393 e. The summed E-state index contributed by atoms with van der Waals surface area (Å²) in [4.78, 5) is 94.9. The normalized spacial score (nSPS) is 19.5. The van der Waals surface area contributed by atoms with Gasteiger partial charge in [-0.05, 0) is 267 Å². The number of pyridine rings is 2. The number of H-pyrrole nitrogens is 2. The summed E-state index contributed by atoms with van der Waals surface area (Å²) in [5.41, 5.74) is 23.0. The Labute approximate surface area is 867 Å². The quantitative estimate of drug-likeness (QED) is 0.0274. The number of aliphatic hydroxyl groups is 2. The number of ketones is 3. The average Bonchev–Trinajstić information content (AvgIpc) is 1.53. The van der Waals surface area contributed by atoms with Crippen molar-refractivity contribution in [3.05, 3.63) is 451 Å². The van der Waals surface area contributed by atoms with E-state index in [-0.39, 0.29) is 47.4 Å². The van der Waals surface area contributed by atoms with E-state index < -0.39 is 34.5 Å². The number of benzene rings is 14. The molecular weight excluding hydrogens is 1890 g/mol. The van der Waals surface area contributed by atoms with Crippen LogP contribution in [0.5, 0.6) is 0 Å². The maximum absolute atomic E-state index is 15.9. The maximum atomic E-state index is 15.9. The van der Waals surface area contributed by atoms with Crippen molar-refractivity contribution in [1.82, 2.24) is 54.7 Å². The average molecular weight is 1990 g/mol. The molecule has 8 unspecified atom stereocenters. The van der Waals surface area contributed by atoms with Crippen LogP contribution in [0.4, 0.5) is 22.7 Å². The van der Waals surface area contributed by atoms with Crippen LogP contribution >= 0.6 is 23.2 Å². The Morgan fingerprint density at radius 1 is 0.544 bits per heavy atom. The molecule has 24 heteroatoms. The molecule has 1 aliphatic heterocycles. The van der Waals surface area contributed by atoms with Gasteiger partial charge in [0, 0.05) is 94.5 Å². The fourth-order valence-electron chi connectivity index (χ4n) is 24.3. The summed E-state index contributed by atoms with van der Waals surface area (Å²) in [6, 6.07) is 99.0. The number of aryl methyl sites for hydroxylation is 3. The molecular formula is C125H99Cl2N15O7. The zero-order chi connectivity index (χ0) is 102. The van der Waals surface area contributed by atoms with E-state index >= 15 is 4.79 Å². The van der Waals surface area contributed by atoms with Crippen LogP contribution in [-0.4, -0.2) is 106 Å². The van der Waals surface area contributed by atoms with E-state index in [1.54, 1.807) is 82.4 Å². The van der Waals surface area contributed by atoms with Crippen LogP contribution in [0.2, 0.25) is 10.3 Å². The van der Waals surface area contributed by atoms with Crippen LogP contribution in [0.3, 0.4) is 0 Å². The number of hydrogen-bond donors (Lipinski definition) is 7. The lowest BCUT2D eigenvalue weighted by Gasteiger charge is -2.61. The molecule has 0 spiro atoms. The van der Waals surface area contributed by atoms with Gasteiger partial charge in [0.15, 0.2) is 23.1 Å². The standard InChI is InChI=1S/C63H58N8O4.C21H16Cl2N2.C21H14N2O.C20H11N3O2/c1-36-27-41(59(73)65-43-17-13-15-39(30-43)57-66-50-21-9-10-22-51(50)67-57)25-26-46(36)60(74)70(45-20-14-16-40(31-45)58-68-52-23-11-12-24-53(52)69-58)63(75)38(3)29-49-47-28-37(2)48-32-54-42(35-64-71(54)44-18-7-6-8-19-44)33-61(48,4)56(47)55(72)34-62(49,63)5;1-12-7-20(22)24-18-5-3-14(10-16(12)18)9-15-4-6-19-17(11-15)13(2)8-21(23)25-19;24-18-12-6-5-11-17(18)21-22-19-15-9-3-1-7-13(15)14-8-2-4-10-16(14)20(19)23-21;24-19-12-6-1-2-7-13(12)20(25)18-14(19)8-5-11-17(18)23-16-10-4-3-9-15(16)21-22-23/h6-28,30-32,35,38,47,49,55-56,72,75H,29,33-34H2,1-5H3,(H,65,73)(H,66,67)(H,68,69);3-8,10-11H,9H2,1-2H3;1-12,22-23H;1-11H. The number of carbonyl (C=O) groups is 5. The third kappa shape index (κ3) is 16.4. The molecule has 0 radical (unpaired) electrons. The molecule has 7 aliphatic rings. The van der Waals surface area contributed by atoms with E-state index in [0.29, 0.717) is 90.0 Å². The number of aliphatic hydroxyl groups excluding tert-OH is 1. The number of nitrogens with zero attached hydrogens (tertiary/aromatic N) is 10. The molecule has 6 aliphatic carbocycles. The number of hydrogen-bond acceptors (Lipinski definition) is 16. The fourth-order valence-corrected chi connectivity index (χ4v) is 24.8. The van der Waals surface area contributed by atoms with E-state index in [1.807, 2.05) is 206 Å². The highest BCUT2D eigenvalue weighted by molar-refractivity contribution is 6.31. The van der Waals surface area contributed by atoms with Gasteiger partial charge in [0.05, 0.1) is 90.5 Å². The molecule has 8 atom stereocenters. The van der Waals surface area contributed by atoms with Gasteiger partial charge >= 0.3 is 0 Å². The van der Waals surface area contributed by atoms with E-state index in [1.165, 1.54) is 27.5 Å². The summed E-state index contributed by atoms with van der Waals surface area (Å²) in [6.07, 6.45) is 15.3. The predicted octanol–water partition coefficient (Wildman–Crippen LogP) is 26.4. The Hall–Kier alpha value is -17.3. The first kappa shape index (κ1) is 94.0. The Morgan fingerprint density at radius 2 is 1.12 bits per heavy atom. The number of nitrogens with one attached hydrogen (secondary N) is 5. The summed E-state index contributed by atoms with van der Waals surface area (Å²) >= 11 is 12.1. The third-order valence-electron chi connectivity index (χ3n) is 31.2. The van der Waals surface area contributed by atoms with Crippen LogP contribution in [0.1, 0.15) is 132 Å². The third-order valence-corrected chi connectivity index (χ3v) is 31.6. The lowest BCUT2D eigenvalue weighted by molar-refractivity contribution is -0.159. The Morgan fingerprint density at radius 3 is 1.77 bits per heavy atom. The number of fused-ring (bicyclic) bond motifs is 19. The van der Waals surface area contributed by atoms with E-state index in [0.717, 1.165) is 140 Å². The lowest BCUT2D eigenvalue weighted by atomic mass is 9.46. The van der Waals surface area contributed by atoms with Gasteiger partial charge < -0.3 is 36.1 Å². The van der Waals surface area contributed by atoms with Crippen LogP contribution in [0.15, 0.2) is 369 Å². The molecule has 2 fully saturated rings. The number of carbonyl (C=O) groups excluding carboxylic acids is 5. The number of halogens is 2. The molecule has 730 valence electrons. The van der Waals surface area contributed by atoms with E-state index in [2.05, 4.69) is 173 Å². The molecule has 7 N–H and O–H groups in total. The number of anilines is 4. The highest BCUT2D eigenvalue weighted by atomic mass is 35.5. The molecule has 22 nitrogen and oxygen atoms in total. The molecule has 27 rings (SSSR count). The second-order valence-electron chi connectivity index (χ2n) is 40.3. The molecule has 0 bridgehead atoms. The molecule has 20 aromatic rings. The Balaban J connectivity index is 0.000000128. The first-order valence-corrected chi connectivity index (χ1v) is 50.7.